The molecule has 9 unspecified atom stereocenters. The Hall–Kier alpha value is -3.26. The minimum Gasteiger partial charge on any atom is -0.365 e. The number of rotatable bonds is 8. The Labute approximate surface area is 328 Å². The van der Waals surface area contributed by atoms with Crippen molar-refractivity contribution < 1.29 is 0 Å². The molecule has 9 rings (SSSR count). The van der Waals surface area contributed by atoms with Gasteiger partial charge in [0.05, 0.1) is 6.04 Å². The average Bonchev–Trinajstić information content (AvgIpc) is 3.65. The second-order valence-corrected chi connectivity index (χ2v) is 19.3. The van der Waals surface area contributed by atoms with E-state index in [-0.39, 0.29) is 5.54 Å². The molecule has 1 saturated heterocycles. The molecule has 2 nitrogen and oxygen atoms in total. The Morgan fingerprint density at radius 3 is 2.59 bits per heavy atom. The van der Waals surface area contributed by atoms with E-state index in [1.54, 1.807) is 11.3 Å². The van der Waals surface area contributed by atoms with Gasteiger partial charge in [-0.25, -0.2) is 0 Å². The van der Waals surface area contributed by atoms with Crippen LogP contribution in [0.3, 0.4) is 0 Å². The van der Waals surface area contributed by atoms with Gasteiger partial charge in [-0.05, 0) is 173 Å². The van der Waals surface area contributed by atoms with Crippen molar-refractivity contribution in [1.82, 2.24) is 4.90 Å². The van der Waals surface area contributed by atoms with Gasteiger partial charge >= 0.3 is 0 Å². The molecule has 1 aromatic carbocycles. The highest BCUT2D eigenvalue weighted by Crippen LogP contribution is 2.61. The molecule has 0 bridgehead atoms. The zero-order chi connectivity index (χ0) is 37.0. The number of fused-ring (bicyclic) bond motifs is 3. The standard InChI is InChI=1S/C52H68N2/c1-6-7-23-47-37(3)45-27-25-41(35-49(45)53(47)44-32-42(38-19-10-8-11-20-38)31-43(33-44)39-21-12-9-13-22-39)40-26-28-48-46(34-40)51(4)29-16-15-24-50(51)54(48)52(5)30-17-14-18-36(52)2/h6,8,10,12,14,17,19,21-22,31-33,35-37,40,45,47,49-50H,1,7,9,11,13,15-16,18,20,23-30,34H2,2-5H3. The van der Waals surface area contributed by atoms with Crippen LogP contribution in [-0.2, 0) is 0 Å². The molecule has 1 aromatic rings. The lowest BCUT2D eigenvalue weighted by molar-refractivity contribution is 0.00556. The van der Waals surface area contributed by atoms with Crippen molar-refractivity contribution in [1.29, 1.82) is 0 Å². The minimum atomic E-state index is 0.251. The van der Waals surface area contributed by atoms with Gasteiger partial charge in [-0.2, -0.15) is 0 Å². The molecule has 9 atom stereocenters. The second-order valence-electron chi connectivity index (χ2n) is 19.3. The van der Waals surface area contributed by atoms with Crippen molar-refractivity contribution in [2.75, 3.05) is 4.90 Å². The van der Waals surface area contributed by atoms with Gasteiger partial charge in [0.25, 0.3) is 0 Å². The SMILES string of the molecule is C=CCCC1C(C)C2CCC(C3CCC4=C(C3)C3(C)CCCCC3N4C3(C)CC=CCC3C)=CC2N1c1cc(C2=CCCC=C2)cc(C2=CC=CCC2)c1. The second kappa shape index (κ2) is 14.7. The molecule has 6 aliphatic carbocycles. The molecule has 0 amide bonds. The van der Waals surface area contributed by atoms with E-state index in [0.29, 0.717) is 47.2 Å². The molecule has 0 N–H and O–H groups in total. The van der Waals surface area contributed by atoms with E-state index in [0.717, 1.165) is 32.1 Å². The van der Waals surface area contributed by atoms with Gasteiger partial charge in [0.1, 0.15) is 0 Å². The van der Waals surface area contributed by atoms with Crippen molar-refractivity contribution in [2.45, 2.75) is 161 Å². The highest BCUT2D eigenvalue weighted by molar-refractivity contribution is 5.82. The highest BCUT2D eigenvalue weighted by Gasteiger charge is 2.57. The van der Waals surface area contributed by atoms with Crippen LogP contribution >= 0.6 is 0 Å². The Kier molecular flexibility index (Phi) is 9.89. The third-order valence-electron chi connectivity index (χ3n) is 16.4. The molecule has 2 fully saturated rings. The summed E-state index contributed by atoms with van der Waals surface area (Å²) in [5.74, 6) is 2.78. The number of allylic oxidation sites excluding steroid dienone is 12. The maximum atomic E-state index is 4.19. The fourth-order valence-corrected chi connectivity index (χ4v) is 13.1. The van der Waals surface area contributed by atoms with Crippen LogP contribution in [0.2, 0.25) is 0 Å². The van der Waals surface area contributed by atoms with Crippen LogP contribution in [0.4, 0.5) is 5.69 Å². The average molecular weight is 721 g/mol. The Bertz CT molecular complexity index is 1840. The van der Waals surface area contributed by atoms with E-state index in [9.17, 15) is 0 Å². The Balaban J connectivity index is 1.08. The Morgan fingerprint density at radius 2 is 1.80 bits per heavy atom. The molecule has 54 heavy (non-hydrogen) atoms. The van der Waals surface area contributed by atoms with Crippen LogP contribution in [0.15, 0.2) is 102 Å². The summed E-state index contributed by atoms with van der Waals surface area (Å²) >= 11 is 0. The lowest BCUT2D eigenvalue weighted by Gasteiger charge is -2.53. The van der Waals surface area contributed by atoms with E-state index in [1.165, 1.54) is 105 Å². The van der Waals surface area contributed by atoms with E-state index in [1.807, 2.05) is 5.57 Å². The first-order chi connectivity index (χ1) is 26.3. The van der Waals surface area contributed by atoms with Crippen molar-refractivity contribution in [3.05, 3.63) is 114 Å². The van der Waals surface area contributed by atoms with Crippen LogP contribution in [0, 0.1) is 29.1 Å². The summed E-state index contributed by atoms with van der Waals surface area (Å²) in [4.78, 5) is 6.03. The first-order valence-corrected chi connectivity index (χ1v) is 22.4. The van der Waals surface area contributed by atoms with Crippen molar-refractivity contribution in [2.24, 2.45) is 29.1 Å². The maximum Gasteiger partial charge on any atom is 0.0510 e. The fourth-order valence-electron chi connectivity index (χ4n) is 13.1. The lowest BCUT2D eigenvalue weighted by Crippen LogP contribution is -2.56. The summed E-state index contributed by atoms with van der Waals surface area (Å²) in [6.07, 6.45) is 45.6. The van der Waals surface area contributed by atoms with Gasteiger partial charge in [-0.15, -0.1) is 6.58 Å². The molecule has 1 saturated carbocycles. The zero-order valence-corrected chi connectivity index (χ0v) is 34.2. The van der Waals surface area contributed by atoms with Crippen molar-refractivity contribution in [3.63, 3.8) is 0 Å². The summed E-state index contributed by atoms with van der Waals surface area (Å²) in [6.45, 7) is 14.7. The Morgan fingerprint density at radius 1 is 0.907 bits per heavy atom. The quantitative estimate of drug-likeness (QED) is 0.247. The number of nitrogens with zero attached hydrogens (tertiary/aromatic N) is 2. The van der Waals surface area contributed by atoms with Crippen LogP contribution < -0.4 is 4.90 Å². The van der Waals surface area contributed by atoms with Gasteiger partial charge < -0.3 is 9.80 Å². The summed E-state index contributed by atoms with van der Waals surface area (Å²) in [5.41, 5.74) is 13.2. The maximum absolute atomic E-state index is 4.19. The number of benzene rings is 1. The smallest absolute Gasteiger partial charge is 0.0510 e. The van der Waals surface area contributed by atoms with Crippen LogP contribution in [0.1, 0.15) is 148 Å². The normalized spacial score (nSPS) is 37.4. The molecule has 8 aliphatic rings. The molecule has 0 spiro atoms. The monoisotopic (exact) mass is 721 g/mol. The van der Waals surface area contributed by atoms with Gasteiger partial charge in [0.15, 0.2) is 0 Å². The summed E-state index contributed by atoms with van der Waals surface area (Å²) < 4.78 is 0. The molecule has 2 heteroatoms. The molecule has 2 aliphatic heterocycles. The van der Waals surface area contributed by atoms with Crippen LogP contribution in [0.25, 0.3) is 11.1 Å². The topological polar surface area (TPSA) is 6.48 Å². The highest BCUT2D eigenvalue weighted by atomic mass is 15.3. The zero-order valence-electron chi connectivity index (χ0n) is 34.2. The molecule has 2 heterocycles. The first kappa shape index (κ1) is 36.4. The van der Waals surface area contributed by atoms with Gasteiger partial charge in [0, 0.05) is 34.4 Å². The number of hydrogen-bond donors (Lipinski definition) is 0. The summed E-state index contributed by atoms with van der Waals surface area (Å²) in [6, 6.07) is 9.35. The van der Waals surface area contributed by atoms with Crippen LogP contribution in [-0.4, -0.2) is 28.6 Å². The van der Waals surface area contributed by atoms with E-state index in [4.69, 9.17) is 0 Å². The lowest BCUT2D eigenvalue weighted by atomic mass is 9.64. The van der Waals surface area contributed by atoms with Crippen LogP contribution in [0.5, 0.6) is 0 Å². The number of anilines is 1. The van der Waals surface area contributed by atoms with Gasteiger partial charge in [-0.3, -0.25) is 0 Å². The largest absolute Gasteiger partial charge is 0.365 e. The molecule has 0 radical (unpaired) electrons. The summed E-state index contributed by atoms with van der Waals surface area (Å²) in [5, 5.41) is 0. The van der Waals surface area contributed by atoms with Gasteiger partial charge in [0.2, 0.25) is 0 Å². The predicted molar refractivity (Wildman–Crippen MR) is 231 cm³/mol. The molecular weight excluding hydrogens is 653 g/mol. The van der Waals surface area contributed by atoms with Crippen molar-refractivity contribution in [3.8, 4) is 0 Å². The predicted octanol–water partition coefficient (Wildman–Crippen LogP) is 13.7. The minimum absolute atomic E-state index is 0.251. The van der Waals surface area contributed by atoms with E-state index in [2.05, 4.69) is 123 Å². The fraction of sp³-hybridized carbons (Fsp3) is 0.577. The van der Waals surface area contributed by atoms with E-state index >= 15 is 0 Å². The first-order valence-electron chi connectivity index (χ1n) is 22.4. The van der Waals surface area contributed by atoms with Crippen molar-refractivity contribution >= 4 is 16.8 Å². The molecule has 0 aromatic heterocycles. The number of hydrogen-bond acceptors (Lipinski definition) is 2. The van der Waals surface area contributed by atoms with E-state index < -0.39 is 0 Å². The third kappa shape index (κ3) is 6.12. The third-order valence-corrected chi connectivity index (χ3v) is 16.4. The van der Waals surface area contributed by atoms with Gasteiger partial charge in [-0.1, -0.05) is 99.9 Å². The molecular formula is C52H68N2. The molecule has 286 valence electrons. The summed E-state index contributed by atoms with van der Waals surface area (Å²) in [7, 11) is 0.